The maximum Gasteiger partial charge on any atom is 0.253 e. The number of nitrogens with zero attached hydrogens (tertiary/aromatic N) is 1. The number of hydrogen-bond acceptors (Lipinski definition) is 7. The van der Waals surface area contributed by atoms with Gasteiger partial charge in [-0.1, -0.05) is 12.1 Å². The number of aliphatic imine (C=N–C) groups is 1. The predicted molar refractivity (Wildman–Crippen MR) is 94.3 cm³/mol. The zero-order valence-corrected chi connectivity index (χ0v) is 13.9. The molecule has 0 aliphatic carbocycles. The molecule has 0 fully saturated rings. The van der Waals surface area contributed by atoms with Crippen LogP contribution in [0.1, 0.15) is 5.56 Å². The number of aryl methyl sites for hydroxylation is 1. The first-order valence-corrected chi connectivity index (χ1v) is 7.66. The Morgan fingerprint density at radius 1 is 1.50 bits per heavy atom. The van der Waals surface area contributed by atoms with Crippen molar-refractivity contribution in [3.63, 3.8) is 0 Å². The van der Waals surface area contributed by atoms with Gasteiger partial charge in [0.25, 0.3) is 5.91 Å². The van der Waals surface area contributed by atoms with E-state index in [0.29, 0.717) is 19.0 Å². The number of carbonyl (C=O) groups is 1. The minimum atomic E-state index is -0.563. The molecule has 130 valence electrons. The molecule has 0 aromatic heterocycles. The van der Waals surface area contributed by atoms with Crippen LogP contribution in [0.5, 0.6) is 0 Å². The SMILES string of the molecule is COC[C@H](CN)NC1N=CC(C(N)=O)=C(Nc2cccc(C)c2)N1. The van der Waals surface area contributed by atoms with Crippen LogP contribution in [0.2, 0.25) is 0 Å². The van der Waals surface area contributed by atoms with Crippen molar-refractivity contribution in [2.75, 3.05) is 25.6 Å². The fourth-order valence-corrected chi connectivity index (χ4v) is 2.32. The lowest BCUT2D eigenvalue weighted by molar-refractivity contribution is -0.114. The van der Waals surface area contributed by atoms with E-state index in [4.69, 9.17) is 16.2 Å². The van der Waals surface area contributed by atoms with Crippen LogP contribution in [0, 0.1) is 6.92 Å². The molecule has 2 rings (SSSR count). The van der Waals surface area contributed by atoms with Crippen LogP contribution in [-0.2, 0) is 9.53 Å². The van der Waals surface area contributed by atoms with Gasteiger partial charge in [-0.2, -0.15) is 0 Å². The number of hydrogen-bond donors (Lipinski definition) is 5. The number of rotatable bonds is 8. The van der Waals surface area contributed by atoms with Crippen LogP contribution >= 0.6 is 0 Å². The summed E-state index contributed by atoms with van der Waals surface area (Å²) in [7, 11) is 1.61. The average Bonchev–Trinajstić information content (AvgIpc) is 2.54. The van der Waals surface area contributed by atoms with Gasteiger partial charge in [-0.15, -0.1) is 0 Å². The molecule has 24 heavy (non-hydrogen) atoms. The van der Waals surface area contributed by atoms with Gasteiger partial charge in [0.05, 0.1) is 12.2 Å². The molecule has 2 atom stereocenters. The highest BCUT2D eigenvalue weighted by Crippen LogP contribution is 2.15. The maximum atomic E-state index is 11.6. The Morgan fingerprint density at radius 2 is 2.29 bits per heavy atom. The molecule has 1 heterocycles. The van der Waals surface area contributed by atoms with Crippen molar-refractivity contribution in [2.24, 2.45) is 16.5 Å². The minimum Gasteiger partial charge on any atom is -0.383 e. The van der Waals surface area contributed by atoms with E-state index in [1.165, 1.54) is 6.21 Å². The van der Waals surface area contributed by atoms with Crippen LogP contribution in [0.3, 0.4) is 0 Å². The molecule has 8 heteroatoms. The number of nitrogens with two attached hydrogens (primary N) is 2. The Labute approximate surface area is 141 Å². The molecule has 1 aromatic rings. The summed E-state index contributed by atoms with van der Waals surface area (Å²) in [6.45, 7) is 2.84. The summed E-state index contributed by atoms with van der Waals surface area (Å²) in [6.07, 6.45) is 1.01. The monoisotopic (exact) mass is 332 g/mol. The molecular weight excluding hydrogens is 308 g/mol. The molecule has 1 aliphatic rings. The van der Waals surface area contributed by atoms with E-state index in [1.54, 1.807) is 7.11 Å². The lowest BCUT2D eigenvalue weighted by Crippen LogP contribution is -2.53. The maximum absolute atomic E-state index is 11.6. The number of primary amides is 1. The van der Waals surface area contributed by atoms with Gasteiger partial charge in [0.2, 0.25) is 0 Å². The second kappa shape index (κ2) is 8.44. The Bertz CT molecular complexity index is 643. The Morgan fingerprint density at radius 3 is 2.92 bits per heavy atom. The molecule has 7 N–H and O–H groups in total. The number of carbonyl (C=O) groups excluding carboxylic acids is 1. The van der Waals surface area contributed by atoms with Crippen molar-refractivity contribution in [1.29, 1.82) is 0 Å². The van der Waals surface area contributed by atoms with Gasteiger partial charge in [0, 0.05) is 31.6 Å². The molecule has 1 aromatic carbocycles. The predicted octanol–water partition coefficient (Wildman–Crippen LogP) is -0.375. The summed E-state index contributed by atoms with van der Waals surface area (Å²) in [5.41, 5.74) is 13.4. The van der Waals surface area contributed by atoms with E-state index in [9.17, 15) is 4.79 Å². The van der Waals surface area contributed by atoms with E-state index in [1.807, 2.05) is 31.2 Å². The molecule has 8 nitrogen and oxygen atoms in total. The zero-order valence-electron chi connectivity index (χ0n) is 13.9. The minimum absolute atomic E-state index is 0.0694. The highest BCUT2D eigenvalue weighted by atomic mass is 16.5. The van der Waals surface area contributed by atoms with Crippen molar-refractivity contribution >= 4 is 17.8 Å². The van der Waals surface area contributed by atoms with Crippen molar-refractivity contribution in [3.05, 3.63) is 41.2 Å². The fourth-order valence-electron chi connectivity index (χ4n) is 2.32. The standard InChI is InChI=1S/C16H24N6O2/c1-10-4-3-5-11(6-10)20-15-13(14(18)23)8-19-16(22-15)21-12(7-17)9-24-2/h3-6,8,12,16,20-22H,7,9,17H2,1-2H3,(H2,18,23)/t12-,16?/m0/s1. The van der Waals surface area contributed by atoms with E-state index in [0.717, 1.165) is 11.3 Å². The summed E-state index contributed by atoms with van der Waals surface area (Å²) < 4.78 is 5.11. The normalized spacial score (nSPS) is 18.2. The number of ether oxygens (including phenoxy) is 1. The quantitative estimate of drug-likeness (QED) is 0.442. The number of anilines is 1. The van der Waals surface area contributed by atoms with Crippen LogP contribution in [0.25, 0.3) is 0 Å². The third-order valence-corrected chi connectivity index (χ3v) is 3.50. The fraction of sp³-hybridized carbons (Fsp3) is 0.375. The molecule has 0 saturated carbocycles. The molecule has 0 saturated heterocycles. The number of nitrogens with one attached hydrogen (secondary N) is 3. The van der Waals surface area contributed by atoms with Crippen LogP contribution in [-0.4, -0.2) is 44.7 Å². The number of methoxy groups -OCH3 is 1. The topological polar surface area (TPSA) is 127 Å². The number of amides is 1. The van der Waals surface area contributed by atoms with Gasteiger partial charge in [-0.25, -0.2) is 0 Å². The Kier molecular flexibility index (Phi) is 6.30. The van der Waals surface area contributed by atoms with Gasteiger partial charge in [0.1, 0.15) is 5.82 Å². The molecule has 1 amide bonds. The van der Waals surface area contributed by atoms with Gasteiger partial charge in [-0.3, -0.25) is 15.1 Å². The van der Waals surface area contributed by atoms with Gasteiger partial charge < -0.3 is 26.8 Å². The zero-order chi connectivity index (χ0) is 17.5. The molecule has 0 bridgehead atoms. The third kappa shape index (κ3) is 4.79. The van der Waals surface area contributed by atoms with Crippen molar-refractivity contribution in [1.82, 2.24) is 10.6 Å². The lowest BCUT2D eigenvalue weighted by Gasteiger charge is -2.28. The Balaban J connectivity index is 2.15. The van der Waals surface area contributed by atoms with Crippen molar-refractivity contribution < 1.29 is 9.53 Å². The first-order chi connectivity index (χ1) is 11.5. The first-order valence-electron chi connectivity index (χ1n) is 7.66. The highest BCUT2D eigenvalue weighted by Gasteiger charge is 2.21. The highest BCUT2D eigenvalue weighted by molar-refractivity contribution is 6.12. The largest absolute Gasteiger partial charge is 0.383 e. The Hall–Kier alpha value is -2.42. The van der Waals surface area contributed by atoms with E-state index in [2.05, 4.69) is 20.9 Å². The second-order valence-corrected chi connectivity index (χ2v) is 5.53. The summed E-state index contributed by atoms with van der Waals surface area (Å²) in [6, 6.07) is 7.72. The van der Waals surface area contributed by atoms with Gasteiger partial charge in [-0.05, 0) is 24.6 Å². The van der Waals surface area contributed by atoms with Crippen LogP contribution in [0.15, 0.2) is 40.7 Å². The summed E-state index contributed by atoms with van der Waals surface area (Å²) in [5, 5.41) is 9.51. The second-order valence-electron chi connectivity index (χ2n) is 5.53. The average molecular weight is 332 g/mol. The van der Waals surface area contributed by atoms with E-state index < -0.39 is 12.2 Å². The van der Waals surface area contributed by atoms with Crippen molar-refractivity contribution in [3.8, 4) is 0 Å². The third-order valence-electron chi connectivity index (χ3n) is 3.50. The van der Waals surface area contributed by atoms with Gasteiger partial charge >= 0.3 is 0 Å². The number of benzene rings is 1. The van der Waals surface area contributed by atoms with Crippen molar-refractivity contribution in [2.45, 2.75) is 19.3 Å². The molecular formula is C16H24N6O2. The summed E-state index contributed by atoms with van der Waals surface area (Å²) in [4.78, 5) is 15.9. The van der Waals surface area contributed by atoms with Crippen LogP contribution in [0.4, 0.5) is 5.69 Å². The molecule has 1 aliphatic heterocycles. The van der Waals surface area contributed by atoms with E-state index in [-0.39, 0.29) is 11.6 Å². The van der Waals surface area contributed by atoms with Gasteiger partial charge in [0.15, 0.2) is 6.29 Å². The molecule has 1 unspecified atom stereocenters. The summed E-state index contributed by atoms with van der Waals surface area (Å²) in [5.74, 6) is -0.0686. The first kappa shape index (κ1) is 17.9. The smallest absolute Gasteiger partial charge is 0.253 e. The molecule has 0 radical (unpaired) electrons. The lowest BCUT2D eigenvalue weighted by atomic mass is 10.2. The summed E-state index contributed by atoms with van der Waals surface area (Å²) >= 11 is 0. The van der Waals surface area contributed by atoms with Crippen LogP contribution < -0.4 is 27.4 Å². The van der Waals surface area contributed by atoms with E-state index >= 15 is 0 Å². The molecule has 0 spiro atoms.